The maximum Gasteiger partial charge on any atom is 0.264 e. The smallest absolute Gasteiger partial charge is 0.264 e. The van der Waals surface area contributed by atoms with Crippen molar-refractivity contribution in [1.82, 2.24) is 24.3 Å². The highest BCUT2D eigenvalue weighted by Crippen LogP contribution is 2.36. The Kier molecular flexibility index (Phi) is 7.12. The number of piperidine rings is 1. The lowest BCUT2D eigenvalue weighted by molar-refractivity contribution is 0.0827. The van der Waals surface area contributed by atoms with E-state index in [1.165, 1.54) is 17.8 Å². The van der Waals surface area contributed by atoms with Crippen LogP contribution in [0.2, 0.25) is 0 Å². The summed E-state index contributed by atoms with van der Waals surface area (Å²) in [6, 6.07) is 13.0. The van der Waals surface area contributed by atoms with Gasteiger partial charge in [0.2, 0.25) is 0 Å². The predicted molar refractivity (Wildman–Crippen MR) is 145 cm³/mol. The van der Waals surface area contributed by atoms with Crippen molar-refractivity contribution >= 4 is 22.8 Å². The molecule has 1 saturated heterocycles. The van der Waals surface area contributed by atoms with Gasteiger partial charge in [-0.05, 0) is 73.3 Å². The Morgan fingerprint density at radius 1 is 1.08 bits per heavy atom. The molecule has 2 N–H and O–H groups in total. The average Bonchev–Trinajstić information content (AvgIpc) is 3.23. The number of pyridine rings is 2. The van der Waals surface area contributed by atoms with E-state index < -0.39 is 6.43 Å². The van der Waals surface area contributed by atoms with E-state index in [0.29, 0.717) is 22.6 Å². The van der Waals surface area contributed by atoms with Crippen LogP contribution in [0.15, 0.2) is 54.9 Å². The first-order chi connectivity index (χ1) is 18.2. The van der Waals surface area contributed by atoms with E-state index in [1.54, 1.807) is 31.3 Å². The van der Waals surface area contributed by atoms with Crippen molar-refractivity contribution in [2.75, 3.05) is 32.9 Å². The molecule has 0 saturated carbocycles. The van der Waals surface area contributed by atoms with Gasteiger partial charge in [0.25, 0.3) is 12.3 Å². The van der Waals surface area contributed by atoms with Gasteiger partial charge in [0.1, 0.15) is 11.5 Å². The summed E-state index contributed by atoms with van der Waals surface area (Å²) in [5.41, 5.74) is 10.4. The van der Waals surface area contributed by atoms with Gasteiger partial charge >= 0.3 is 0 Å². The van der Waals surface area contributed by atoms with E-state index in [2.05, 4.69) is 33.1 Å². The molecule has 7 nitrogen and oxygen atoms in total. The van der Waals surface area contributed by atoms with Crippen LogP contribution in [0.1, 0.15) is 52.4 Å². The number of nitrogen functional groups attached to an aromatic ring is 1. The Morgan fingerprint density at radius 3 is 2.45 bits per heavy atom. The number of benzene rings is 1. The van der Waals surface area contributed by atoms with E-state index in [9.17, 15) is 13.6 Å². The number of alkyl halides is 2. The Labute approximate surface area is 220 Å². The third-order valence-corrected chi connectivity index (χ3v) is 7.52. The molecule has 198 valence electrons. The van der Waals surface area contributed by atoms with Crippen LogP contribution in [-0.2, 0) is 13.6 Å². The van der Waals surface area contributed by atoms with Crippen LogP contribution in [0.3, 0.4) is 0 Å². The van der Waals surface area contributed by atoms with E-state index in [-0.39, 0.29) is 17.3 Å². The van der Waals surface area contributed by atoms with Crippen LogP contribution in [-0.4, -0.2) is 57.4 Å². The Balaban J connectivity index is 1.32. The highest BCUT2D eigenvalue weighted by molar-refractivity contribution is 5.95. The first-order valence-electron chi connectivity index (χ1n) is 12.7. The summed E-state index contributed by atoms with van der Waals surface area (Å²) >= 11 is 0. The predicted octanol–water partition coefficient (Wildman–Crippen LogP) is 5.24. The molecule has 0 spiro atoms. The number of carbonyl (C=O) groups is 1. The van der Waals surface area contributed by atoms with Gasteiger partial charge in [0, 0.05) is 67.9 Å². The SMILES string of the molecule is CN(C)C(=O)c1ccc(C2CCN(Cc3cc4c(-c5cnc(N)cc5C(F)F)ccnc4n3C)CC2)cc1. The molecule has 1 aliphatic rings. The number of hydrogen-bond donors (Lipinski definition) is 1. The van der Waals surface area contributed by atoms with Gasteiger partial charge in [0.15, 0.2) is 0 Å². The van der Waals surface area contributed by atoms with Crippen molar-refractivity contribution in [3.8, 4) is 11.1 Å². The topological polar surface area (TPSA) is 80.3 Å². The Hall–Kier alpha value is -3.85. The molecule has 4 aromatic rings. The molecule has 1 amide bonds. The van der Waals surface area contributed by atoms with Crippen molar-refractivity contribution in [3.63, 3.8) is 0 Å². The fourth-order valence-electron chi connectivity index (χ4n) is 5.36. The number of likely N-dealkylation sites (tertiary alicyclic amines) is 1. The van der Waals surface area contributed by atoms with Crippen molar-refractivity contribution in [3.05, 3.63) is 77.2 Å². The molecule has 3 aromatic heterocycles. The van der Waals surface area contributed by atoms with Crippen LogP contribution in [0.25, 0.3) is 22.2 Å². The fourth-order valence-corrected chi connectivity index (χ4v) is 5.36. The number of hydrogen-bond acceptors (Lipinski definition) is 5. The zero-order chi connectivity index (χ0) is 27.0. The van der Waals surface area contributed by atoms with E-state index in [4.69, 9.17) is 5.73 Å². The minimum Gasteiger partial charge on any atom is -0.384 e. The van der Waals surface area contributed by atoms with E-state index in [0.717, 1.165) is 49.2 Å². The molecule has 1 aromatic carbocycles. The summed E-state index contributed by atoms with van der Waals surface area (Å²) in [4.78, 5) is 24.8. The normalized spacial score (nSPS) is 14.9. The molecule has 5 rings (SSSR count). The van der Waals surface area contributed by atoms with Crippen LogP contribution >= 0.6 is 0 Å². The zero-order valence-electron chi connectivity index (χ0n) is 21.9. The molecule has 1 aliphatic heterocycles. The lowest BCUT2D eigenvalue weighted by atomic mass is 9.89. The lowest BCUT2D eigenvalue weighted by Gasteiger charge is -2.32. The fraction of sp³-hybridized carbons (Fsp3) is 0.345. The number of halogens is 2. The van der Waals surface area contributed by atoms with Crippen LogP contribution in [0.5, 0.6) is 0 Å². The number of aryl methyl sites for hydroxylation is 1. The number of carbonyl (C=O) groups excluding carboxylic acids is 1. The van der Waals surface area contributed by atoms with Crippen molar-refractivity contribution in [2.24, 2.45) is 7.05 Å². The third-order valence-electron chi connectivity index (χ3n) is 7.52. The minimum absolute atomic E-state index is 0.0112. The number of anilines is 1. The maximum absolute atomic E-state index is 13.8. The lowest BCUT2D eigenvalue weighted by Crippen LogP contribution is -2.33. The molecule has 1 fully saturated rings. The number of fused-ring (bicyclic) bond motifs is 1. The molecule has 0 unspecified atom stereocenters. The van der Waals surface area contributed by atoms with Gasteiger partial charge in [-0.25, -0.2) is 18.7 Å². The summed E-state index contributed by atoms with van der Waals surface area (Å²) in [7, 11) is 5.48. The largest absolute Gasteiger partial charge is 0.384 e. The van der Waals surface area contributed by atoms with Gasteiger partial charge < -0.3 is 15.2 Å². The molecule has 0 atom stereocenters. The van der Waals surface area contributed by atoms with Gasteiger partial charge in [-0.3, -0.25) is 9.69 Å². The van der Waals surface area contributed by atoms with Crippen molar-refractivity contribution in [2.45, 2.75) is 31.7 Å². The summed E-state index contributed by atoms with van der Waals surface area (Å²) < 4.78 is 29.6. The first-order valence-corrected chi connectivity index (χ1v) is 12.7. The van der Waals surface area contributed by atoms with E-state index in [1.807, 2.05) is 23.7 Å². The molecule has 0 radical (unpaired) electrons. The highest BCUT2D eigenvalue weighted by Gasteiger charge is 2.23. The quantitative estimate of drug-likeness (QED) is 0.378. The number of aromatic nitrogens is 3. The number of nitrogens with zero attached hydrogens (tertiary/aromatic N) is 5. The summed E-state index contributed by atoms with van der Waals surface area (Å²) in [6.45, 7) is 2.64. The van der Waals surface area contributed by atoms with Gasteiger partial charge in [0.05, 0.1) is 0 Å². The number of amides is 1. The molecular formula is C29H32F2N6O. The molecule has 0 bridgehead atoms. The Bertz CT molecular complexity index is 1460. The highest BCUT2D eigenvalue weighted by atomic mass is 19.3. The maximum atomic E-state index is 13.8. The minimum atomic E-state index is -2.66. The third kappa shape index (κ3) is 4.98. The summed E-state index contributed by atoms with van der Waals surface area (Å²) in [6.07, 6.45) is 2.47. The number of nitrogens with two attached hydrogens (primary N) is 1. The van der Waals surface area contributed by atoms with Gasteiger partial charge in [-0.2, -0.15) is 0 Å². The van der Waals surface area contributed by atoms with Crippen LogP contribution in [0.4, 0.5) is 14.6 Å². The second-order valence-electron chi connectivity index (χ2n) is 10.2. The van der Waals surface area contributed by atoms with E-state index >= 15 is 0 Å². The van der Waals surface area contributed by atoms with Crippen molar-refractivity contribution in [1.29, 1.82) is 0 Å². The summed E-state index contributed by atoms with van der Waals surface area (Å²) in [5.74, 6) is 0.544. The molecule has 38 heavy (non-hydrogen) atoms. The zero-order valence-corrected chi connectivity index (χ0v) is 21.9. The standard InChI is InChI=1S/C29H32F2N6O/c1-35(2)29(38)20-6-4-18(5-7-20)19-9-12-37(13-10-19)17-21-14-24-22(8-11-33-28(24)36(21)3)25-16-34-26(32)15-23(25)27(30)31/h4-8,11,14-16,19,27H,9-10,12-13,17H2,1-3H3,(H2,32,34). The second-order valence-corrected chi connectivity index (χ2v) is 10.2. The monoisotopic (exact) mass is 518 g/mol. The molecule has 0 aliphatic carbocycles. The van der Waals surface area contributed by atoms with Crippen LogP contribution in [0, 0.1) is 0 Å². The first kappa shape index (κ1) is 25.8. The second kappa shape index (κ2) is 10.5. The summed E-state index contributed by atoms with van der Waals surface area (Å²) in [5, 5.41) is 0.820. The van der Waals surface area contributed by atoms with Crippen LogP contribution < -0.4 is 5.73 Å². The molecule has 9 heteroatoms. The Morgan fingerprint density at radius 2 is 1.79 bits per heavy atom. The van der Waals surface area contributed by atoms with Gasteiger partial charge in [-0.15, -0.1) is 0 Å². The van der Waals surface area contributed by atoms with Gasteiger partial charge in [-0.1, -0.05) is 12.1 Å². The molecule has 4 heterocycles. The molecular weight excluding hydrogens is 486 g/mol. The number of rotatable bonds is 6. The average molecular weight is 519 g/mol. The van der Waals surface area contributed by atoms with Crippen molar-refractivity contribution < 1.29 is 13.6 Å².